The molecule has 0 spiro atoms. The third-order valence-corrected chi connectivity index (χ3v) is 7.46. The molecule has 0 N–H and O–H groups in total. The zero-order valence-corrected chi connectivity index (χ0v) is 19.9. The van der Waals surface area contributed by atoms with Crippen molar-refractivity contribution in [1.29, 1.82) is 0 Å². The van der Waals surface area contributed by atoms with Crippen LogP contribution in [0.3, 0.4) is 0 Å². The van der Waals surface area contributed by atoms with Gasteiger partial charge in [0.25, 0.3) is 5.91 Å². The molecule has 1 saturated heterocycles. The highest BCUT2D eigenvalue weighted by Gasteiger charge is 2.24. The van der Waals surface area contributed by atoms with Crippen LogP contribution in [-0.2, 0) is 4.74 Å². The van der Waals surface area contributed by atoms with Gasteiger partial charge in [-0.1, -0.05) is 41.1 Å². The van der Waals surface area contributed by atoms with E-state index in [1.54, 1.807) is 4.90 Å². The molecule has 1 aliphatic rings. The first kappa shape index (κ1) is 21.7. The number of nitrogens with zero attached hydrogens (tertiary/aromatic N) is 3. The molecule has 158 valence electrons. The number of ether oxygens (including phenoxy) is 1. The highest BCUT2D eigenvalue weighted by atomic mass is 79.9. The number of hydrogen-bond acceptors (Lipinski definition) is 5. The van der Waals surface area contributed by atoms with Gasteiger partial charge in [-0.15, -0.1) is 0 Å². The molecule has 0 bridgehead atoms. The van der Waals surface area contributed by atoms with E-state index in [4.69, 9.17) is 21.3 Å². The number of amides is 1. The summed E-state index contributed by atoms with van der Waals surface area (Å²) >= 11 is 11.4. The lowest BCUT2D eigenvalue weighted by atomic mass is 10.2. The molecule has 1 aliphatic heterocycles. The molecule has 30 heavy (non-hydrogen) atoms. The van der Waals surface area contributed by atoms with Crippen molar-refractivity contribution in [2.24, 2.45) is 0 Å². The SMILES string of the molecule is Cc1ccc(Cl)c2sc(N(CCCN3CCOCC3)C(=O)c3ccccc3Br)nc12. The highest BCUT2D eigenvalue weighted by Crippen LogP contribution is 2.36. The molecule has 1 amide bonds. The predicted molar refractivity (Wildman–Crippen MR) is 127 cm³/mol. The molecule has 4 rings (SSSR count). The van der Waals surface area contributed by atoms with Crippen molar-refractivity contribution in [2.75, 3.05) is 44.3 Å². The first-order valence-corrected chi connectivity index (χ1v) is 12.0. The maximum Gasteiger partial charge on any atom is 0.261 e. The Bertz CT molecular complexity index is 1010. The minimum absolute atomic E-state index is 0.0581. The van der Waals surface area contributed by atoms with Gasteiger partial charge in [-0.05, 0) is 53.0 Å². The minimum atomic E-state index is -0.0581. The Hall–Kier alpha value is -1.51. The van der Waals surface area contributed by atoms with Crippen LogP contribution in [-0.4, -0.2) is 55.2 Å². The molecule has 3 aromatic rings. The maximum absolute atomic E-state index is 13.5. The van der Waals surface area contributed by atoms with Gasteiger partial charge in [0.05, 0.1) is 34.0 Å². The van der Waals surface area contributed by atoms with E-state index < -0.39 is 0 Å². The topological polar surface area (TPSA) is 45.7 Å². The van der Waals surface area contributed by atoms with Crippen molar-refractivity contribution in [3.8, 4) is 0 Å². The molecule has 1 fully saturated rings. The van der Waals surface area contributed by atoms with Gasteiger partial charge >= 0.3 is 0 Å². The molecule has 2 heterocycles. The summed E-state index contributed by atoms with van der Waals surface area (Å²) in [6.07, 6.45) is 0.860. The second kappa shape index (κ2) is 9.75. The van der Waals surface area contributed by atoms with Gasteiger partial charge in [-0.2, -0.15) is 0 Å². The normalized spacial score (nSPS) is 14.9. The van der Waals surface area contributed by atoms with E-state index >= 15 is 0 Å². The van der Waals surface area contributed by atoms with Gasteiger partial charge in [-0.3, -0.25) is 14.6 Å². The van der Waals surface area contributed by atoms with Crippen molar-refractivity contribution in [1.82, 2.24) is 9.88 Å². The van der Waals surface area contributed by atoms with Gasteiger partial charge in [0.1, 0.15) is 0 Å². The molecular formula is C22H23BrClN3O2S. The van der Waals surface area contributed by atoms with Gasteiger partial charge in [0, 0.05) is 30.7 Å². The monoisotopic (exact) mass is 507 g/mol. The number of thiazole rings is 1. The van der Waals surface area contributed by atoms with Gasteiger partial charge in [0.15, 0.2) is 5.13 Å². The van der Waals surface area contributed by atoms with Crippen LogP contribution in [0.25, 0.3) is 10.2 Å². The first-order chi connectivity index (χ1) is 14.5. The lowest BCUT2D eigenvalue weighted by Gasteiger charge is -2.27. The number of rotatable bonds is 6. The number of benzene rings is 2. The molecule has 0 unspecified atom stereocenters. The molecule has 0 atom stereocenters. The Kier molecular flexibility index (Phi) is 7.05. The molecule has 0 saturated carbocycles. The number of carbonyl (C=O) groups is 1. The Morgan fingerprint density at radius 3 is 2.77 bits per heavy atom. The van der Waals surface area contributed by atoms with E-state index in [9.17, 15) is 4.79 Å². The van der Waals surface area contributed by atoms with Crippen molar-refractivity contribution in [3.63, 3.8) is 0 Å². The molecule has 8 heteroatoms. The largest absolute Gasteiger partial charge is 0.379 e. The molecule has 0 radical (unpaired) electrons. The van der Waals surface area contributed by atoms with Crippen LogP contribution in [0.15, 0.2) is 40.9 Å². The summed E-state index contributed by atoms with van der Waals surface area (Å²) < 4.78 is 7.13. The lowest BCUT2D eigenvalue weighted by Crippen LogP contribution is -2.39. The van der Waals surface area contributed by atoms with E-state index in [0.717, 1.165) is 59.5 Å². The summed E-state index contributed by atoms with van der Waals surface area (Å²) in [5.74, 6) is -0.0581. The third kappa shape index (κ3) is 4.70. The molecule has 5 nitrogen and oxygen atoms in total. The van der Waals surface area contributed by atoms with Crippen molar-refractivity contribution in [3.05, 3.63) is 57.0 Å². The zero-order valence-electron chi connectivity index (χ0n) is 16.7. The number of halogens is 2. The fourth-order valence-corrected chi connectivity index (χ4v) is 5.34. The van der Waals surface area contributed by atoms with Gasteiger partial charge in [-0.25, -0.2) is 4.98 Å². The predicted octanol–water partition coefficient (Wildman–Crippen LogP) is 5.39. The standard InChI is InChI=1S/C22H23BrClN3O2S/c1-15-7-8-18(24)20-19(15)25-22(30-20)27(10-4-9-26-11-13-29-14-12-26)21(28)16-5-2-3-6-17(16)23/h2-3,5-8H,4,9-14H2,1H3. The van der Waals surface area contributed by atoms with Crippen LogP contribution >= 0.6 is 38.9 Å². The molecule has 2 aromatic carbocycles. The summed E-state index contributed by atoms with van der Waals surface area (Å²) in [5, 5.41) is 1.35. The van der Waals surface area contributed by atoms with E-state index in [0.29, 0.717) is 22.3 Å². The smallest absolute Gasteiger partial charge is 0.261 e. The van der Waals surface area contributed by atoms with Crippen molar-refractivity contribution in [2.45, 2.75) is 13.3 Å². The lowest BCUT2D eigenvalue weighted by molar-refractivity contribution is 0.0376. The average Bonchev–Trinajstić information content (AvgIpc) is 3.21. The fourth-order valence-electron chi connectivity index (χ4n) is 3.55. The number of carbonyl (C=O) groups excluding carboxylic acids is 1. The van der Waals surface area contributed by atoms with Gasteiger partial charge < -0.3 is 4.74 Å². The van der Waals surface area contributed by atoms with Crippen LogP contribution in [0, 0.1) is 6.92 Å². The quantitative estimate of drug-likeness (QED) is 0.448. The van der Waals surface area contributed by atoms with Crippen molar-refractivity contribution < 1.29 is 9.53 Å². The number of aromatic nitrogens is 1. The fraction of sp³-hybridized carbons (Fsp3) is 0.364. The number of fused-ring (bicyclic) bond motifs is 1. The van der Waals surface area contributed by atoms with Crippen LogP contribution in [0.2, 0.25) is 5.02 Å². The number of anilines is 1. The Labute approximate surface area is 193 Å². The van der Waals surface area contributed by atoms with Gasteiger partial charge in [0.2, 0.25) is 0 Å². The van der Waals surface area contributed by atoms with E-state index in [1.165, 1.54) is 11.3 Å². The Balaban J connectivity index is 1.63. The zero-order chi connectivity index (χ0) is 21.1. The molecular weight excluding hydrogens is 486 g/mol. The maximum atomic E-state index is 13.5. The number of aryl methyl sites for hydroxylation is 1. The van der Waals surface area contributed by atoms with Crippen LogP contribution in [0.1, 0.15) is 22.3 Å². The Morgan fingerprint density at radius 2 is 2.03 bits per heavy atom. The second-order valence-electron chi connectivity index (χ2n) is 7.28. The second-order valence-corrected chi connectivity index (χ2v) is 9.52. The highest BCUT2D eigenvalue weighted by molar-refractivity contribution is 9.10. The minimum Gasteiger partial charge on any atom is -0.379 e. The van der Waals surface area contributed by atoms with E-state index in [2.05, 4.69) is 20.8 Å². The number of morpholine rings is 1. The molecule has 0 aliphatic carbocycles. The number of hydrogen-bond donors (Lipinski definition) is 0. The summed E-state index contributed by atoms with van der Waals surface area (Å²) in [4.78, 5) is 22.5. The summed E-state index contributed by atoms with van der Waals surface area (Å²) in [6.45, 7) is 6.95. The van der Waals surface area contributed by atoms with Crippen LogP contribution < -0.4 is 4.90 Å². The van der Waals surface area contributed by atoms with Crippen molar-refractivity contribution >= 4 is 60.1 Å². The van der Waals surface area contributed by atoms with E-state index in [-0.39, 0.29) is 5.91 Å². The summed E-state index contributed by atoms with van der Waals surface area (Å²) in [5.41, 5.74) is 2.55. The summed E-state index contributed by atoms with van der Waals surface area (Å²) in [6, 6.07) is 11.4. The Morgan fingerprint density at radius 1 is 1.27 bits per heavy atom. The third-order valence-electron chi connectivity index (χ3n) is 5.23. The summed E-state index contributed by atoms with van der Waals surface area (Å²) in [7, 11) is 0. The van der Waals surface area contributed by atoms with Crippen LogP contribution in [0.4, 0.5) is 5.13 Å². The van der Waals surface area contributed by atoms with E-state index in [1.807, 2.05) is 43.3 Å². The molecule has 1 aromatic heterocycles. The van der Waals surface area contributed by atoms with Crippen LogP contribution in [0.5, 0.6) is 0 Å². The average molecular weight is 509 g/mol. The first-order valence-electron chi connectivity index (χ1n) is 9.97.